The van der Waals surface area contributed by atoms with Crippen molar-refractivity contribution in [3.8, 4) is 0 Å². The average molecular weight is 440 g/mol. The van der Waals surface area contributed by atoms with Gasteiger partial charge in [0.1, 0.15) is 5.82 Å². The quantitative estimate of drug-likeness (QED) is 0.348. The predicted molar refractivity (Wildman–Crippen MR) is 107 cm³/mol. The van der Waals surface area contributed by atoms with Crippen molar-refractivity contribution in [1.29, 1.82) is 0 Å². The largest absolute Gasteiger partial charge is 0.466 e. The van der Waals surface area contributed by atoms with Gasteiger partial charge in [-0.15, -0.1) is 0 Å². The summed E-state index contributed by atoms with van der Waals surface area (Å²) >= 11 is 0. The van der Waals surface area contributed by atoms with Crippen molar-refractivity contribution in [2.24, 2.45) is 0 Å². The van der Waals surface area contributed by atoms with Gasteiger partial charge in [0.2, 0.25) is 0 Å². The second-order valence-corrected chi connectivity index (χ2v) is 5.92. The summed E-state index contributed by atoms with van der Waals surface area (Å²) in [5.41, 5.74) is -0.312. The predicted octanol–water partition coefficient (Wildman–Crippen LogP) is 1.57. The summed E-state index contributed by atoms with van der Waals surface area (Å²) in [7, 11) is 0. The smallest absolute Gasteiger partial charge is 0.397 e. The minimum absolute atomic E-state index is 0.0378. The molecule has 0 aromatic heterocycles. The molecule has 0 unspecified atom stereocenters. The lowest BCUT2D eigenvalue weighted by atomic mass is 10.2. The molecule has 0 saturated heterocycles. The summed E-state index contributed by atoms with van der Waals surface area (Å²) in [5, 5.41) is 2.23. The molecule has 0 heterocycles. The maximum atomic E-state index is 14.0. The van der Waals surface area contributed by atoms with E-state index in [-0.39, 0.29) is 50.6 Å². The van der Waals surface area contributed by atoms with Crippen LogP contribution in [0.4, 0.5) is 15.8 Å². The normalized spacial score (nSPS) is 10.1. The lowest BCUT2D eigenvalue weighted by Crippen LogP contribution is -2.39. The van der Waals surface area contributed by atoms with Gasteiger partial charge >= 0.3 is 29.7 Å². The Morgan fingerprint density at radius 2 is 1.55 bits per heavy atom. The van der Waals surface area contributed by atoms with Crippen molar-refractivity contribution < 1.29 is 42.6 Å². The second kappa shape index (κ2) is 12.9. The Hall–Kier alpha value is -3.50. The van der Waals surface area contributed by atoms with Crippen molar-refractivity contribution in [3.63, 3.8) is 0 Å². The van der Waals surface area contributed by atoms with E-state index >= 15 is 0 Å². The fourth-order valence-corrected chi connectivity index (χ4v) is 2.45. The molecule has 0 aliphatic rings. The van der Waals surface area contributed by atoms with E-state index in [1.165, 1.54) is 13.8 Å². The number of carbonyl (C=O) groups is 5. The first-order valence-electron chi connectivity index (χ1n) is 9.66. The molecule has 31 heavy (non-hydrogen) atoms. The number of nitrogens with zero attached hydrogens (tertiary/aromatic N) is 1. The van der Waals surface area contributed by atoms with Crippen LogP contribution in [0.15, 0.2) is 18.2 Å². The summed E-state index contributed by atoms with van der Waals surface area (Å²) in [5.74, 6) is -5.95. The topological polar surface area (TPSA) is 128 Å². The molecule has 0 atom stereocenters. The fourth-order valence-electron chi connectivity index (χ4n) is 2.45. The molecule has 1 N–H and O–H groups in total. The van der Waals surface area contributed by atoms with Crippen molar-refractivity contribution >= 4 is 41.1 Å². The highest BCUT2D eigenvalue weighted by molar-refractivity contribution is 6.40. The van der Waals surface area contributed by atoms with Gasteiger partial charge in [0, 0.05) is 13.0 Å². The second-order valence-electron chi connectivity index (χ2n) is 5.92. The summed E-state index contributed by atoms with van der Waals surface area (Å²) < 4.78 is 28.1. The van der Waals surface area contributed by atoms with Crippen molar-refractivity contribution in [2.45, 2.75) is 33.6 Å². The van der Waals surface area contributed by atoms with Crippen LogP contribution in [0.2, 0.25) is 0 Å². The first-order valence-corrected chi connectivity index (χ1v) is 9.66. The molecule has 1 aromatic rings. The number of nitrogens with one attached hydrogen (secondary N) is 1. The van der Waals surface area contributed by atoms with Crippen LogP contribution in [0, 0.1) is 5.82 Å². The lowest BCUT2D eigenvalue weighted by molar-refractivity contribution is -0.153. The molecule has 11 heteroatoms. The van der Waals surface area contributed by atoms with E-state index < -0.39 is 35.5 Å². The van der Waals surface area contributed by atoms with Gasteiger partial charge in [-0.1, -0.05) is 0 Å². The van der Waals surface area contributed by atoms with Crippen LogP contribution in [0.1, 0.15) is 33.6 Å². The third-order valence-corrected chi connectivity index (χ3v) is 3.72. The van der Waals surface area contributed by atoms with Gasteiger partial charge in [-0.25, -0.2) is 14.0 Å². The van der Waals surface area contributed by atoms with E-state index in [2.05, 4.69) is 10.1 Å². The van der Waals surface area contributed by atoms with Crippen molar-refractivity contribution in [2.75, 3.05) is 36.6 Å². The number of ether oxygens (including phenoxy) is 3. The van der Waals surface area contributed by atoms with Crippen LogP contribution < -0.4 is 10.2 Å². The Labute approximate surface area is 178 Å². The number of benzene rings is 1. The molecular formula is C20H25FN2O8. The number of halogens is 1. The van der Waals surface area contributed by atoms with Gasteiger partial charge in [0.25, 0.3) is 0 Å². The van der Waals surface area contributed by atoms with Gasteiger partial charge in [-0.3, -0.25) is 14.4 Å². The van der Waals surface area contributed by atoms with Crippen molar-refractivity contribution in [3.05, 3.63) is 24.0 Å². The van der Waals surface area contributed by atoms with E-state index in [0.29, 0.717) is 0 Å². The molecule has 0 aliphatic heterocycles. The minimum atomic E-state index is -1.20. The summed E-state index contributed by atoms with van der Waals surface area (Å²) in [6.45, 7) is 4.53. The Morgan fingerprint density at radius 1 is 0.935 bits per heavy atom. The Balaban J connectivity index is 3.22. The molecule has 0 saturated carbocycles. The molecule has 0 aliphatic carbocycles. The number of hydrogen-bond donors (Lipinski definition) is 1. The monoisotopic (exact) mass is 440 g/mol. The van der Waals surface area contributed by atoms with E-state index in [4.69, 9.17) is 9.47 Å². The molecular weight excluding hydrogens is 415 g/mol. The van der Waals surface area contributed by atoms with Gasteiger partial charge in [0.05, 0.1) is 31.2 Å². The summed E-state index contributed by atoms with van der Waals surface area (Å²) in [6, 6.07) is 3.02. The van der Waals surface area contributed by atoms with Gasteiger partial charge in [-0.05, 0) is 45.4 Å². The van der Waals surface area contributed by atoms with E-state index in [9.17, 15) is 28.4 Å². The molecule has 0 bridgehead atoms. The van der Waals surface area contributed by atoms with Crippen LogP contribution in [0.5, 0.6) is 0 Å². The number of anilines is 2. The molecule has 170 valence electrons. The number of rotatable bonds is 9. The van der Waals surface area contributed by atoms with E-state index in [1.807, 2.05) is 0 Å². The highest BCUT2D eigenvalue weighted by atomic mass is 19.1. The third-order valence-electron chi connectivity index (χ3n) is 3.72. The molecule has 0 spiro atoms. The van der Waals surface area contributed by atoms with Crippen molar-refractivity contribution in [1.82, 2.24) is 0 Å². The zero-order valence-electron chi connectivity index (χ0n) is 17.6. The standard InChI is InChI=1S/C20H25FN2O8/c1-4-29-16(24)8-7-11-23(18(26)20(28)31-6-3)15-12-13(21)9-10-14(15)22-17(25)19(27)30-5-2/h9-10,12H,4-8,11H2,1-3H3,(H,22,25). The van der Waals surface area contributed by atoms with Crippen LogP contribution in [-0.4, -0.2) is 56.1 Å². The molecule has 0 fully saturated rings. The maximum Gasteiger partial charge on any atom is 0.397 e. The third kappa shape index (κ3) is 8.03. The zero-order valence-corrected chi connectivity index (χ0v) is 17.6. The van der Waals surface area contributed by atoms with E-state index in [1.54, 1.807) is 6.92 Å². The Kier molecular flexibility index (Phi) is 10.7. The average Bonchev–Trinajstić information content (AvgIpc) is 2.72. The van der Waals surface area contributed by atoms with Crippen LogP contribution in [-0.2, 0) is 38.2 Å². The van der Waals surface area contributed by atoms with Gasteiger partial charge in [0.15, 0.2) is 0 Å². The Morgan fingerprint density at radius 3 is 2.16 bits per heavy atom. The minimum Gasteiger partial charge on any atom is -0.466 e. The molecule has 1 aromatic carbocycles. The number of carbonyl (C=O) groups excluding carboxylic acids is 5. The highest BCUT2D eigenvalue weighted by Crippen LogP contribution is 2.28. The lowest BCUT2D eigenvalue weighted by Gasteiger charge is -2.24. The van der Waals surface area contributed by atoms with Crippen LogP contribution in [0.3, 0.4) is 0 Å². The summed E-state index contributed by atoms with van der Waals surface area (Å²) in [6.07, 6.45) is 0.00599. The van der Waals surface area contributed by atoms with E-state index in [0.717, 1.165) is 23.1 Å². The van der Waals surface area contributed by atoms with Crippen LogP contribution >= 0.6 is 0 Å². The highest BCUT2D eigenvalue weighted by Gasteiger charge is 2.28. The first-order chi connectivity index (χ1) is 14.7. The SMILES string of the molecule is CCOC(=O)CCCN(C(=O)C(=O)OCC)c1cc(F)ccc1NC(=O)C(=O)OCC. The molecule has 0 radical (unpaired) electrons. The molecule has 2 amide bonds. The summed E-state index contributed by atoms with van der Waals surface area (Å²) in [4.78, 5) is 60.7. The Bertz CT molecular complexity index is 827. The maximum absolute atomic E-state index is 14.0. The molecule has 10 nitrogen and oxygen atoms in total. The zero-order chi connectivity index (χ0) is 23.4. The van der Waals surface area contributed by atoms with Crippen LogP contribution in [0.25, 0.3) is 0 Å². The molecule has 1 rings (SSSR count). The number of hydrogen-bond acceptors (Lipinski definition) is 8. The van der Waals surface area contributed by atoms with Gasteiger partial charge < -0.3 is 24.4 Å². The van der Waals surface area contributed by atoms with Gasteiger partial charge in [-0.2, -0.15) is 0 Å². The first kappa shape index (κ1) is 25.5. The fraction of sp³-hybridized carbons (Fsp3) is 0.450. The number of esters is 3. The number of amides is 2.